The number of benzene rings is 2. The van der Waals surface area contributed by atoms with Crippen molar-refractivity contribution in [2.45, 2.75) is 13.3 Å². The molecular weight excluding hydrogens is 272 g/mol. The van der Waals surface area contributed by atoms with Crippen LogP contribution in [0.1, 0.15) is 18.9 Å². The molecule has 0 saturated carbocycles. The van der Waals surface area contributed by atoms with Gasteiger partial charge in [0.1, 0.15) is 11.8 Å². The fourth-order valence-electron chi connectivity index (χ4n) is 1.73. The third-order valence-electron chi connectivity index (χ3n) is 2.71. The van der Waals surface area contributed by atoms with Crippen LogP contribution in [0.3, 0.4) is 0 Å². The van der Waals surface area contributed by atoms with Gasteiger partial charge in [-0.1, -0.05) is 18.5 Å². The average molecular weight is 287 g/mol. The molecule has 0 saturated heterocycles. The van der Waals surface area contributed by atoms with Crippen LogP contribution in [0.4, 0.5) is 11.4 Å². The lowest BCUT2D eigenvalue weighted by atomic mass is 10.2. The molecule has 0 aliphatic heterocycles. The van der Waals surface area contributed by atoms with E-state index >= 15 is 0 Å². The van der Waals surface area contributed by atoms with E-state index in [0.29, 0.717) is 22.9 Å². The Labute approximate surface area is 123 Å². The quantitative estimate of drug-likeness (QED) is 0.863. The van der Waals surface area contributed by atoms with E-state index in [1.807, 2.05) is 24.3 Å². The minimum atomic E-state index is 0.556. The molecular formula is C16H15ClN2O. The van der Waals surface area contributed by atoms with Crippen molar-refractivity contribution >= 4 is 23.0 Å². The molecule has 2 aromatic carbocycles. The van der Waals surface area contributed by atoms with E-state index in [9.17, 15) is 0 Å². The lowest BCUT2D eigenvalue weighted by molar-refractivity contribution is 0.317. The number of ether oxygens (including phenoxy) is 1. The molecule has 102 valence electrons. The van der Waals surface area contributed by atoms with Crippen molar-refractivity contribution in [3.05, 3.63) is 53.1 Å². The molecule has 0 aliphatic carbocycles. The van der Waals surface area contributed by atoms with Crippen molar-refractivity contribution in [1.29, 1.82) is 5.26 Å². The fraction of sp³-hybridized carbons (Fsp3) is 0.188. The van der Waals surface area contributed by atoms with Crippen LogP contribution in [0, 0.1) is 11.3 Å². The highest BCUT2D eigenvalue weighted by molar-refractivity contribution is 6.30. The summed E-state index contributed by atoms with van der Waals surface area (Å²) >= 11 is 5.95. The van der Waals surface area contributed by atoms with Gasteiger partial charge in [0.15, 0.2) is 0 Å². The highest BCUT2D eigenvalue weighted by atomic mass is 35.5. The van der Waals surface area contributed by atoms with Crippen molar-refractivity contribution < 1.29 is 4.74 Å². The zero-order valence-corrected chi connectivity index (χ0v) is 11.9. The van der Waals surface area contributed by atoms with Gasteiger partial charge in [0.2, 0.25) is 0 Å². The smallest absolute Gasteiger partial charge is 0.119 e. The number of hydrogen-bond donors (Lipinski definition) is 1. The maximum Gasteiger partial charge on any atom is 0.119 e. The Morgan fingerprint density at radius 3 is 2.60 bits per heavy atom. The molecule has 0 radical (unpaired) electrons. The first-order valence-electron chi connectivity index (χ1n) is 6.42. The highest BCUT2D eigenvalue weighted by Crippen LogP contribution is 2.25. The molecule has 3 nitrogen and oxygen atoms in total. The van der Waals surface area contributed by atoms with E-state index in [4.69, 9.17) is 21.6 Å². The highest BCUT2D eigenvalue weighted by Gasteiger charge is 2.03. The first-order chi connectivity index (χ1) is 9.72. The summed E-state index contributed by atoms with van der Waals surface area (Å²) in [7, 11) is 0. The van der Waals surface area contributed by atoms with Crippen LogP contribution >= 0.6 is 11.6 Å². The summed E-state index contributed by atoms with van der Waals surface area (Å²) in [6.07, 6.45) is 0.980. The second kappa shape index (κ2) is 6.83. The van der Waals surface area contributed by atoms with Gasteiger partial charge in [-0.2, -0.15) is 5.26 Å². The fourth-order valence-corrected chi connectivity index (χ4v) is 1.90. The molecule has 4 heteroatoms. The van der Waals surface area contributed by atoms with E-state index < -0.39 is 0 Å². The van der Waals surface area contributed by atoms with Gasteiger partial charge in [-0.3, -0.25) is 0 Å². The zero-order valence-electron chi connectivity index (χ0n) is 11.2. The van der Waals surface area contributed by atoms with Crippen LogP contribution in [0.15, 0.2) is 42.5 Å². The Morgan fingerprint density at radius 1 is 1.20 bits per heavy atom. The Hall–Kier alpha value is -2.18. The van der Waals surface area contributed by atoms with Crippen LogP contribution in [0.25, 0.3) is 0 Å². The SMILES string of the molecule is CCCOc1ccc(Nc2cc(Cl)ccc2C#N)cc1. The average Bonchev–Trinajstić information content (AvgIpc) is 2.47. The summed E-state index contributed by atoms with van der Waals surface area (Å²) in [5.41, 5.74) is 2.13. The van der Waals surface area contributed by atoms with E-state index in [0.717, 1.165) is 17.9 Å². The monoisotopic (exact) mass is 286 g/mol. The number of halogens is 1. The molecule has 0 unspecified atom stereocenters. The van der Waals surface area contributed by atoms with Gasteiger partial charge in [0.05, 0.1) is 17.9 Å². The number of nitriles is 1. The molecule has 0 aliphatic rings. The van der Waals surface area contributed by atoms with Crippen molar-refractivity contribution in [1.82, 2.24) is 0 Å². The van der Waals surface area contributed by atoms with Gasteiger partial charge >= 0.3 is 0 Å². The van der Waals surface area contributed by atoms with Crippen LogP contribution in [0.5, 0.6) is 5.75 Å². The van der Waals surface area contributed by atoms with Gasteiger partial charge in [-0.05, 0) is 48.9 Å². The maximum atomic E-state index is 9.08. The molecule has 0 atom stereocenters. The predicted molar refractivity (Wildman–Crippen MR) is 81.7 cm³/mol. The minimum absolute atomic E-state index is 0.556. The summed E-state index contributed by atoms with van der Waals surface area (Å²) in [4.78, 5) is 0. The zero-order chi connectivity index (χ0) is 14.4. The first kappa shape index (κ1) is 14.2. The molecule has 0 heterocycles. The number of nitrogens with zero attached hydrogens (tertiary/aromatic N) is 1. The Morgan fingerprint density at radius 2 is 1.95 bits per heavy atom. The van der Waals surface area contributed by atoms with E-state index in [1.54, 1.807) is 18.2 Å². The molecule has 0 amide bonds. The van der Waals surface area contributed by atoms with Gasteiger partial charge in [-0.25, -0.2) is 0 Å². The molecule has 2 rings (SSSR count). The van der Waals surface area contributed by atoms with Crippen LogP contribution in [0.2, 0.25) is 5.02 Å². The first-order valence-corrected chi connectivity index (χ1v) is 6.80. The summed E-state index contributed by atoms with van der Waals surface area (Å²) in [6.45, 7) is 2.78. The van der Waals surface area contributed by atoms with E-state index in [2.05, 4.69) is 18.3 Å². The summed E-state index contributed by atoms with van der Waals surface area (Å²) in [6, 6.07) is 14.9. The molecule has 0 spiro atoms. The van der Waals surface area contributed by atoms with Gasteiger partial charge in [0, 0.05) is 10.7 Å². The lowest BCUT2D eigenvalue weighted by Gasteiger charge is -2.10. The lowest BCUT2D eigenvalue weighted by Crippen LogP contribution is -1.96. The second-order valence-corrected chi connectivity index (χ2v) is 4.74. The number of anilines is 2. The number of hydrogen-bond acceptors (Lipinski definition) is 3. The van der Waals surface area contributed by atoms with Crippen LogP contribution in [-0.2, 0) is 0 Å². The van der Waals surface area contributed by atoms with Gasteiger partial charge in [-0.15, -0.1) is 0 Å². The van der Waals surface area contributed by atoms with Gasteiger partial charge in [0.25, 0.3) is 0 Å². The Bertz CT molecular complexity index is 617. The van der Waals surface area contributed by atoms with E-state index in [1.165, 1.54) is 0 Å². The normalized spacial score (nSPS) is 9.85. The summed E-state index contributed by atoms with van der Waals surface area (Å²) < 4.78 is 5.52. The third-order valence-corrected chi connectivity index (χ3v) is 2.94. The molecule has 20 heavy (non-hydrogen) atoms. The van der Waals surface area contributed by atoms with Crippen LogP contribution in [-0.4, -0.2) is 6.61 Å². The van der Waals surface area contributed by atoms with Crippen molar-refractivity contribution in [2.24, 2.45) is 0 Å². The van der Waals surface area contributed by atoms with Crippen molar-refractivity contribution in [3.8, 4) is 11.8 Å². The standard InChI is InChI=1S/C16H15ClN2O/c1-2-9-20-15-7-5-14(6-8-15)19-16-10-13(17)4-3-12(16)11-18/h3-8,10,19H,2,9H2,1H3. The molecule has 1 N–H and O–H groups in total. The van der Waals surface area contributed by atoms with Gasteiger partial charge < -0.3 is 10.1 Å². The van der Waals surface area contributed by atoms with E-state index in [-0.39, 0.29) is 0 Å². The van der Waals surface area contributed by atoms with Crippen LogP contribution < -0.4 is 10.1 Å². The Balaban J connectivity index is 2.14. The third kappa shape index (κ3) is 3.66. The largest absolute Gasteiger partial charge is 0.494 e. The molecule has 0 aromatic heterocycles. The number of nitrogens with one attached hydrogen (secondary N) is 1. The maximum absolute atomic E-state index is 9.08. The molecule has 0 bridgehead atoms. The predicted octanol–water partition coefficient (Wildman–Crippen LogP) is 4.74. The molecule has 2 aromatic rings. The minimum Gasteiger partial charge on any atom is -0.494 e. The second-order valence-electron chi connectivity index (χ2n) is 4.30. The summed E-state index contributed by atoms with van der Waals surface area (Å²) in [5.74, 6) is 0.837. The Kier molecular flexibility index (Phi) is 4.86. The summed E-state index contributed by atoms with van der Waals surface area (Å²) in [5, 5.41) is 12.9. The number of rotatable bonds is 5. The topological polar surface area (TPSA) is 45.0 Å². The van der Waals surface area contributed by atoms with Crippen molar-refractivity contribution in [3.63, 3.8) is 0 Å². The van der Waals surface area contributed by atoms with Crippen molar-refractivity contribution in [2.75, 3.05) is 11.9 Å². The molecule has 0 fully saturated rings.